The number of aryl methyl sites for hydroxylation is 2. The van der Waals surface area contributed by atoms with Crippen LogP contribution in [0.4, 0.5) is 34.9 Å². The number of hydrogen-bond acceptors (Lipinski definition) is 4. The second kappa shape index (κ2) is 8.58. The molecule has 1 aromatic heterocycles. The predicted molar refractivity (Wildman–Crippen MR) is 108 cm³/mol. The second-order valence-electron chi connectivity index (χ2n) is 6.86. The van der Waals surface area contributed by atoms with Gasteiger partial charge in [0.05, 0.1) is 5.56 Å². The Kier molecular flexibility index (Phi) is 6.09. The first kappa shape index (κ1) is 22.0. The second-order valence-corrected chi connectivity index (χ2v) is 6.86. The van der Waals surface area contributed by atoms with Crippen molar-refractivity contribution < 1.29 is 22.4 Å². The minimum absolute atomic E-state index is 0.0372. The molecule has 1 heterocycles. The van der Waals surface area contributed by atoms with Crippen molar-refractivity contribution in [2.45, 2.75) is 26.6 Å². The maximum atomic E-state index is 13.5. The lowest BCUT2D eigenvalue weighted by Gasteiger charge is -2.15. The summed E-state index contributed by atoms with van der Waals surface area (Å²) in [5.41, 5.74) is -0.295. The molecule has 3 rings (SSSR count). The van der Waals surface area contributed by atoms with Crippen molar-refractivity contribution in [1.29, 1.82) is 0 Å². The van der Waals surface area contributed by atoms with Crippen molar-refractivity contribution in [3.8, 4) is 0 Å². The summed E-state index contributed by atoms with van der Waals surface area (Å²) in [4.78, 5) is 29.1. The first-order valence-corrected chi connectivity index (χ1v) is 9.12. The van der Waals surface area contributed by atoms with Gasteiger partial charge in [-0.3, -0.25) is 14.2 Å². The van der Waals surface area contributed by atoms with Crippen molar-refractivity contribution in [1.82, 2.24) is 9.55 Å². The molecule has 31 heavy (non-hydrogen) atoms. The summed E-state index contributed by atoms with van der Waals surface area (Å²) < 4.78 is 53.1. The minimum atomic E-state index is -4.55. The van der Waals surface area contributed by atoms with Crippen LogP contribution in [0, 0.1) is 19.7 Å². The van der Waals surface area contributed by atoms with Crippen LogP contribution in [0.15, 0.2) is 53.3 Å². The number of hydrogen-bond donors (Lipinski definition) is 2. The molecule has 2 aromatic carbocycles. The van der Waals surface area contributed by atoms with E-state index in [0.717, 1.165) is 16.7 Å². The number of carbonyl (C=O) groups is 1. The number of nitrogens with one attached hydrogen (secondary N) is 2. The highest BCUT2D eigenvalue weighted by atomic mass is 19.4. The monoisotopic (exact) mass is 434 g/mol. The topological polar surface area (TPSA) is 76.0 Å². The molecule has 1 amide bonds. The van der Waals surface area contributed by atoms with E-state index < -0.39 is 35.6 Å². The van der Waals surface area contributed by atoms with Gasteiger partial charge in [-0.1, -0.05) is 6.07 Å². The third-order valence-electron chi connectivity index (χ3n) is 4.33. The van der Waals surface area contributed by atoms with Crippen molar-refractivity contribution in [3.05, 3.63) is 81.5 Å². The Hall–Kier alpha value is -3.69. The van der Waals surface area contributed by atoms with E-state index in [4.69, 9.17) is 0 Å². The Morgan fingerprint density at radius 1 is 1.06 bits per heavy atom. The number of halogens is 4. The fraction of sp³-hybridized carbons (Fsp3) is 0.190. The standard InChI is InChI=1S/C21H18F4N4O2/c1-12-8-16(6-7-17(12)22)28-20-26-13(2)9-19(31)29(20)11-18(30)27-15-5-3-4-14(10-15)21(23,24)25/h3-10H,11H2,1-2H3,(H,26,28)(H,27,30). The Morgan fingerprint density at radius 3 is 2.48 bits per heavy atom. The lowest BCUT2D eigenvalue weighted by Crippen LogP contribution is -2.30. The highest BCUT2D eigenvalue weighted by molar-refractivity contribution is 5.90. The van der Waals surface area contributed by atoms with Gasteiger partial charge in [-0.05, 0) is 55.8 Å². The number of rotatable bonds is 5. The number of anilines is 3. The van der Waals surface area contributed by atoms with E-state index >= 15 is 0 Å². The molecular weight excluding hydrogens is 416 g/mol. The van der Waals surface area contributed by atoms with Crippen LogP contribution < -0.4 is 16.2 Å². The molecule has 0 saturated heterocycles. The molecule has 0 bridgehead atoms. The van der Waals surface area contributed by atoms with E-state index in [2.05, 4.69) is 15.6 Å². The zero-order chi connectivity index (χ0) is 22.8. The third kappa shape index (κ3) is 5.47. The normalized spacial score (nSPS) is 11.3. The van der Waals surface area contributed by atoms with Gasteiger partial charge in [0.2, 0.25) is 11.9 Å². The molecular formula is C21H18F4N4O2. The lowest BCUT2D eigenvalue weighted by molar-refractivity contribution is -0.137. The van der Waals surface area contributed by atoms with E-state index in [-0.39, 0.29) is 11.6 Å². The number of benzene rings is 2. The molecule has 6 nitrogen and oxygen atoms in total. The predicted octanol–water partition coefficient (Wildman–Crippen LogP) is 4.40. The molecule has 0 unspecified atom stereocenters. The minimum Gasteiger partial charge on any atom is -0.326 e. The summed E-state index contributed by atoms with van der Waals surface area (Å²) in [5.74, 6) is -1.08. The zero-order valence-electron chi connectivity index (χ0n) is 16.5. The van der Waals surface area contributed by atoms with Crippen molar-refractivity contribution in [3.63, 3.8) is 0 Å². The van der Waals surface area contributed by atoms with Crippen LogP contribution in [0.5, 0.6) is 0 Å². The van der Waals surface area contributed by atoms with Gasteiger partial charge in [0.1, 0.15) is 12.4 Å². The average molecular weight is 434 g/mol. The molecule has 0 spiro atoms. The van der Waals surface area contributed by atoms with Gasteiger partial charge in [0.25, 0.3) is 5.56 Å². The maximum Gasteiger partial charge on any atom is 0.416 e. The molecule has 10 heteroatoms. The van der Waals surface area contributed by atoms with E-state index in [1.807, 2.05) is 0 Å². The number of amides is 1. The van der Waals surface area contributed by atoms with Gasteiger partial charge in [0.15, 0.2) is 0 Å². The molecule has 3 aromatic rings. The summed E-state index contributed by atoms with van der Waals surface area (Å²) in [6.07, 6.45) is -4.55. The van der Waals surface area contributed by atoms with Crippen LogP contribution in [0.2, 0.25) is 0 Å². The smallest absolute Gasteiger partial charge is 0.326 e. The molecule has 2 N–H and O–H groups in total. The fourth-order valence-corrected chi connectivity index (χ4v) is 2.84. The largest absolute Gasteiger partial charge is 0.416 e. The third-order valence-corrected chi connectivity index (χ3v) is 4.33. The summed E-state index contributed by atoms with van der Waals surface area (Å²) in [6, 6.07) is 9.59. The molecule has 0 aliphatic carbocycles. The zero-order valence-corrected chi connectivity index (χ0v) is 16.5. The molecule has 0 radical (unpaired) electrons. The van der Waals surface area contributed by atoms with Crippen LogP contribution in [0.1, 0.15) is 16.8 Å². The molecule has 0 fully saturated rings. The highest BCUT2D eigenvalue weighted by Gasteiger charge is 2.30. The molecule has 0 atom stereocenters. The van der Waals surface area contributed by atoms with Gasteiger partial charge in [-0.25, -0.2) is 9.37 Å². The number of aromatic nitrogens is 2. The van der Waals surface area contributed by atoms with Gasteiger partial charge in [-0.2, -0.15) is 13.2 Å². The van der Waals surface area contributed by atoms with Gasteiger partial charge in [0, 0.05) is 23.1 Å². The van der Waals surface area contributed by atoms with E-state index in [1.54, 1.807) is 13.8 Å². The lowest BCUT2D eigenvalue weighted by atomic mass is 10.2. The average Bonchev–Trinajstić information content (AvgIpc) is 2.67. The van der Waals surface area contributed by atoms with Crippen LogP contribution >= 0.6 is 0 Å². The Labute approximate surface area is 174 Å². The first-order chi connectivity index (χ1) is 14.5. The van der Waals surface area contributed by atoms with Crippen LogP contribution in [-0.2, 0) is 17.5 Å². The van der Waals surface area contributed by atoms with Gasteiger partial charge in [-0.15, -0.1) is 0 Å². The summed E-state index contributed by atoms with van der Waals surface area (Å²) >= 11 is 0. The SMILES string of the molecule is Cc1cc(=O)n(CC(=O)Nc2cccc(C(F)(F)F)c2)c(Nc2ccc(F)c(C)c2)n1. The summed E-state index contributed by atoms with van der Waals surface area (Å²) in [5, 5.41) is 5.23. The molecule has 0 aliphatic heterocycles. The van der Waals surface area contributed by atoms with E-state index in [0.29, 0.717) is 16.9 Å². The maximum absolute atomic E-state index is 13.5. The van der Waals surface area contributed by atoms with E-state index in [9.17, 15) is 27.2 Å². The molecule has 0 aliphatic rings. The quantitative estimate of drug-likeness (QED) is 0.584. The van der Waals surface area contributed by atoms with Crippen molar-refractivity contribution in [2.75, 3.05) is 10.6 Å². The first-order valence-electron chi connectivity index (χ1n) is 9.12. The van der Waals surface area contributed by atoms with Crippen molar-refractivity contribution in [2.24, 2.45) is 0 Å². The van der Waals surface area contributed by atoms with Gasteiger partial charge >= 0.3 is 6.18 Å². The molecule has 0 saturated carbocycles. The number of nitrogens with zero attached hydrogens (tertiary/aromatic N) is 2. The Bertz CT molecular complexity index is 1190. The fourth-order valence-electron chi connectivity index (χ4n) is 2.84. The van der Waals surface area contributed by atoms with Crippen LogP contribution in [0.25, 0.3) is 0 Å². The highest BCUT2D eigenvalue weighted by Crippen LogP contribution is 2.30. The van der Waals surface area contributed by atoms with E-state index in [1.165, 1.54) is 36.4 Å². The summed E-state index contributed by atoms with van der Waals surface area (Å²) in [6.45, 7) is 2.67. The Morgan fingerprint density at radius 2 is 1.81 bits per heavy atom. The number of alkyl halides is 3. The number of carbonyl (C=O) groups excluding carboxylic acids is 1. The van der Waals surface area contributed by atoms with Gasteiger partial charge < -0.3 is 10.6 Å². The Balaban J connectivity index is 1.85. The molecule has 162 valence electrons. The summed E-state index contributed by atoms with van der Waals surface area (Å²) in [7, 11) is 0. The van der Waals surface area contributed by atoms with Crippen molar-refractivity contribution >= 4 is 23.2 Å². The van der Waals surface area contributed by atoms with Crippen LogP contribution in [0.3, 0.4) is 0 Å². The van der Waals surface area contributed by atoms with Crippen LogP contribution in [-0.4, -0.2) is 15.5 Å².